The van der Waals surface area contributed by atoms with Gasteiger partial charge in [-0.05, 0) is 12.1 Å². The molecule has 106 valence electrons. The van der Waals surface area contributed by atoms with Gasteiger partial charge >= 0.3 is 6.03 Å². The SMILES string of the molecule is O=C1N[C@H]2CS(=O)(=O)C[C@H]2N1c1ccc([N+](=O)[O-])cc1. The van der Waals surface area contributed by atoms with E-state index in [1.54, 1.807) is 0 Å². The second-order valence-corrected chi connectivity index (χ2v) is 7.00. The number of nitrogens with one attached hydrogen (secondary N) is 1. The van der Waals surface area contributed by atoms with E-state index in [0.29, 0.717) is 5.69 Å². The number of hydrogen-bond donors (Lipinski definition) is 1. The maximum absolute atomic E-state index is 11.9. The lowest BCUT2D eigenvalue weighted by Gasteiger charge is -2.21. The van der Waals surface area contributed by atoms with Crippen molar-refractivity contribution in [3.63, 3.8) is 0 Å². The van der Waals surface area contributed by atoms with Crippen molar-refractivity contribution in [3.8, 4) is 0 Å². The molecule has 9 heteroatoms. The molecule has 2 amide bonds. The third-order valence-corrected chi connectivity index (χ3v) is 5.24. The first-order chi connectivity index (χ1) is 9.37. The number of nitro groups is 1. The highest BCUT2D eigenvalue weighted by atomic mass is 32.2. The number of benzene rings is 1. The van der Waals surface area contributed by atoms with Crippen LogP contribution in [0, 0.1) is 10.1 Å². The Hall–Kier alpha value is -2.16. The molecule has 0 saturated carbocycles. The van der Waals surface area contributed by atoms with Crippen LogP contribution in [-0.2, 0) is 9.84 Å². The number of urea groups is 1. The monoisotopic (exact) mass is 297 g/mol. The van der Waals surface area contributed by atoms with Gasteiger partial charge in [-0.1, -0.05) is 0 Å². The Morgan fingerprint density at radius 1 is 1.25 bits per heavy atom. The number of sulfone groups is 1. The number of non-ortho nitro benzene ring substituents is 1. The van der Waals surface area contributed by atoms with Gasteiger partial charge in [0.2, 0.25) is 0 Å². The number of amides is 2. The van der Waals surface area contributed by atoms with Crippen LogP contribution in [0.2, 0.25) is 0 Å². The summed E-state index contributed by atoms with van der Waals surface area (Å²) in [5.74, 6) is -0.152. The summed E-state index contributed by atoms with van der Waals surface area (Å²) < 4.78 is 23.2. The Morgan fingerprint density at radius 2 is 1.90 bits per heavy atom. The Balaban J connectivity index is 1.93. The number of anilines is 1. The fourth-order valence-corrected chi connectivity index (χ4v) is 4.53. The van der Waals surface area contributed by atoms with Crippen LogP contribution in [-0.4, -0.2) is 43.0 Å². The van der Waals surface area contributed by atoms with Crippen LogP contribution in [0.1, 0.15) is 0 Å². The Bertz CT molecular complexity index is 685. The summed E-state index contributed by atoms with van der Waals surface area (Å²) in [5.41, 5.74) is 0.377. The van der Waals surface area contributed by atoms with Crippen LogP contribution in [0.15, 0.2) is 24.3 Å². The molecule has 1 aromatic rings. The maximum Gasteiger partial charge on any atom is 0.322 e. The third kappa shape index (κ3) is 1.99. The van der Waals surface area contributed by atoms with E-state index < -0.39 is 26.8 Å². The zero-order valence-corrected chi connectivity index (χ0v) is 11.0. The van der Waals surface area contributed by atoms with Gasteiger partial charge in [0.1, 0.15) is 0 Å². The molecule has 2 aliphatic heterocycles. The molecule has 1 aromatic carbocycles. The molecule has 20 heavy (non-hydrogen) atoms. The maximum atomic E-state index is 11.9. The highest BCUT2D eigenvalue weighted by Crippen LogP contribution is 2.30. The van der Waals surface area contributed by atoms with E-state index in [0.717, 1.165) is 0 Å². The lowest BCUT2D eigenvalue weighted by atomic mass is 10.1. The highest BCUT2D eigenvalue weighted by molar-refractivity contribution is 7.91. The number of carbonyl (C=O) groups excluding carboxylic acids is 1. The molecule has 2 atom stereocenters. The van der Waals surface area contributed by atoms with Gasteiger partial charge < -0.3 is 5.32 Å². The van der Waals surface area contributed by atoms with E-state index in [1.165, 1.54) is 29.2 Å². The number of hydrogen-bond acceptors (Lipinski definition) is 5. The van der Waals surface area contributed by atoms with E-state index in [9.17, 15) is 23.3 Å². The molecule has 0 aromatic heterocycles. The molecule has 0 bridgehead atoms. The summed E-state index contributed by atoms with van der Waals surface area (Å²) in [6, 6.07) is 4.25. The van der Waals surface area contributed by atoms with E-state index in [2.05, 4.69) is 5.32 Å². The van der Waals surface area contributed by atoms with Gasteiger partial charge in [0.05, 0.1) is 28.5 Å². The first-order valence-electron chi connectivity index (χ1n) is 5.92. The predicted octanol–water partition coefficient (Wildman–Crippen LogP) is 0.290. The fourth-order valence-electron chi connectivity index (χ4n) is 2.64. The summed E-state index contributed by atoms with van der Waals surface area (Å²) in [6.45, 7) is 0. The lowest BCUT2D eigenvalue weighted by molar-refractivity contribution is -0.384. The van der Waals surface area contributed by atoms with Crippen molar-refractivity contribution in [2.75, 3.05) is 16.4 Å². The summed E-state index contributed by atoms with van der Waals surface area (Å²) in [7, 11) is -3.16. The fraction of sp³-hybridized carbons (Fsp3) is 0.364. The molecular weight excluding hydrogens is 286 g/mol. The quantitative estimate of drug-likeness (QED) is 0.479. The topological polar surface area (TPSA) is 110 Å². The second-order valence-electron chi connectivity index (χ2n) is 4.84. The normalized spacial score (nSPS) is 27.2. The molecular formula is C11H11N3O5S. The van der Waals surface area contributed by atoms with Gasteiger partial charge in [-0.25, -0.2) is 13.2 Å². The standard InChI is InChI=1S/C11H11N3O5S/c15-11-12-9-5-20(18,19)6-10(9)13(11)7-1-3-8(4-2-7)14(16)17/h1-4,9-10H,5-6H2,(H,12,15)/t9-,10+/m0/s1. The van der Waals surface area contributed by atoms with Crippen LogP contribution < -0.4 is 10.2 Å². The average Bonchev–Trinajstić information content (AvgIpc) is 2.79. The molecule has 2 saturated heterocycles. The Labute approximate surface area is 114 Å². The lowest BCUT2D eigenvalue weighted by Crippen LogP contribution is -2.36. The number of fused-ring (bicyclic) bond motifs is 1. The minimum absolute atomic E-state index is 0.0626. The molecule has 2 aliphatic rings. The average molecular weight is 297 g/mol. The van der Waals surface area contributed by atoms with Gasteiger partial charge in [-0.3, -0.25) is 15.0 Å². The Kier molecular flexibility index (Phi) is 2.68. The summed E-state index contributed by atoms with van der Waals surface area (Å²) >= 11 is 0. The summed E-state index contributed by atoms with van der Waals surface area (Å²) in [4.78, 5) is 23.3. The highest BCUT2D eigenvalue weighted by Gasteiger charge is 2.49. The second kappa shape index (κ2) is 4.17. The molecule has 1 N–H and O–H groups in total. The van der Waals surface area contributed by atoms with Crippen LogP contribution in [0.4, 0.5) is 16.2 Å². The van der Waals surface area contributed by atoms with Crippen molar-refractivity contribution < 1.29 is 18.1 Å². The summed E-state index contributed by atoms with van der Waals surface area (Å²) in [5, 5.41) is 13.2. The van der Waals surface area contributed by atoms with Crippen molar-refractivity contribution in [3.05, 3.63) is 34.4 Å². The Morgan fingerprint density at radius 3 is 2.50 bits per heavy atom. The van der Waals surface area contributed by atoms with Gasteiger partial charge in [0.15, 0.2) is 9.84 Å². The van der Waals surface area contributed by atoms with Crippen molar-refractivity contribution in [1.82, 2.24) is 5.32 Å². The zero-order valence-electron chi connectivity index (χ0n) is 10.2. The van der Waals surface area contributed by atoms with Gasteiger partial charge in [-0.2, -0.15) is 0 Å². The molecule has 3 rings (SSSR count). The number of nitrogens with zero attached hydrogens (tertiary/aromatic N) is 2. The smallest absolute Gasteiger partial charge is 0.322 e. The minimum Gasteiger partial charge on any atom is -0.332 e. The summed E-state index contributed by atoms with van der Waals surface area (Å²) in [6.07, 6.45) is 0. The van der Waals surface area contributed by atoms with Gasteiger partial charge in [0.25, 0.3) is 5.69 Å². The van der Waals surface area contributed by atoms with Crippen molar-refractivity contribution >= 4 is 27.2 Å². The van der Waals surface area contributed by atoms with Crippen molar-refractivity contribution in [2.45, 2.75) is 12.1 Å². The largest absolute Gasteiger partial charge is 0.332 e. The van der Waals surface area contributed by atoms with Crippen LogP contribution in [0.25, 0.3) is 0 Å². The molecule has 2 heterocycles. The molecule has 0 aliphatic carbocycles. The zero-order chi connectivity index (χ0) is 14.5. The van der Waals surface area contributed by atoms with Crippen LogP contribution in [0.5, 0.6) is 0 Å². The first kappa shape index (κ1) is 12.9. The first-order valence-corrected chi connectivity index (χ1v) is 7.74. The third-order valence-electron chi connectivity index (χ3n) is 3.52. The van der Waals surface area contributed by atoms with Crippen molar-refractivity contribution in [1.29, 1.82) is 0 Å². The predicted molar refractivity (Wildman–Crippen MR) is 70.3 cm³/mol. The van der Waals surface area contributed by atoms with E-state index in [1.807, 2.05) is 0 Å². The molecule has 8 nitrogen and oxygen atoms in total. The number of rotatable bonds is 2. The van der Waals surface area contributed by atoms with Gasteiger partial charge in [0, 0.05) is 17.8 Å². The molecule has 0 unspecified atom stereocenters. The molecule has 0 radical (unpaired) electrons. The van der Waals surface area contributed by atoms with Crippen LogP contribution >= 0.6 is 0 Å². The number of carbonyl (C=O) groups is 1. The number of nitro benzene ring substituents is 1. The van der Waals surface area contributed by atoms with E-state index in [4.69, 9.17) is 0 Å². The molecule has 0 spiro atoms. The minimum atomic E-state index is -3.16. The van der Waals surface area contributed by atoms with Crippen molar-refractivity contribution in [2.24, 2.45) is 0 Å². The van der Waals surface area contributed by atoms with E-state index >= 15 is 0 Å². The van der Waals surface area contributed by atoms with Crippen LogP contribution in [0.3, 0.4) is 0 Å². The van der Waals surface area contributed by atoms with Gasteiger partial charge in [-0.15, -0.1) is 0 Å². The molecule has 2 fully saturated rings. The van der Waals surface area contributed by atoms with E-state index in [-0.39, 0.29) is 23.2 Å².